The van der Waals surface area contributed by atoms with Crippen LogP contribution in [0.25, 0.3) is 0 Å². The van der Waals surface area contributed by atoms with Crippen LogP contribution in [0, 0.1) is 0 Å². The molecule has 0 aliphatic rings. The van der Waals surface area contributed by atoms with E-state index in [4.69, 9.17) is 0 Å². The lowest BCUT2D eigenvalue weighted by atomic mass is 10.3. The molecule has 4 nitrogen and oxygen atoms in total. The van der Waals surface area contributed by atoms with Gasteiger partial charge in [-0.05, 0) is 6.42 Å². The van der Waals surface area contributed by atoms with Crippen molar-refractivity contribution in [2.75, 3.05) is 19.4 Å². The highest BCUT2D eigenvalue weighted by Crippen LogP contribution is 2.04. The lowest BCUT2D eigenvalue weighted by molar-refractivity contribution is -0.140. The maximum atomic E-state index is 11.1. The third-order valence-corrected chi connectivity index (χ3v) is 2.38. The van der Waals surface area contributed by atoms with Gasteiger partial charge in [-0.2, -0.15) is 0 Å². The predicted molar refractivity (Wildman–Crippen MR) is 57.4 cm³/mol. The van der Waals surface area contributed by atoms with Gasteiger partial charge in [0.25, 0.3) is 5.24 Å². The second-order valence-corrected chi connectivity index (χ2v) is 3.81. The van der Waals surface area contributed by atoms with E-state index in [-0.39, 0.29) is 17.6 Å². The minimum absolute atomic E-state index is 0.0673. The van der Waals surface area contributed by atoms with Crippen LogP contribution in [-0.4, -0.2) is 30.6 Å². The smallest absolute Gasteiger partial charge is 0.306 e. The van der Waals surface area contributed by atoms with Crippen LogP contribution in [0.4, 0.5) is 4.79 Å². The number of rotatable bonds is 6. The van der Waals surface area contributed by atoms with Gasteiger partial charge in [-0.15, -0.1) is 0 Å². The number of hydrogen-bond donors (Lipinski definition) is 1. The standard InChI is InChI=1S/C9H17NO3S/c1-3-4-6-10-9(12)14-7-5-8(11)13-2/h3-7H2,1-2H3,(H,10,12). The summed E-state index contributed by atoms with van der Waals surface area (Å²) < 4.78 is 4.45. The Hall–Kier alpha value is -0.710. The number of esters is 1. The van der Waals surface area contributed by atoms with Crippen LogP contribution in [0.2, 0.25) is 0 Å². The minimum atomic E-state index is -0.279. The SMILES string of the molecule is CCCCNC(=O)SCCC(=O)OC. The maximum Gasteiger partial charge on any atom is 0.306 e. The van der Waals surface area contributed by atoms with E-state index in [2.05, 4.69) is 17.0 Å². The molecule has 0 aliphatic carbocycles. The highest BCUT2D eigenvalue weighted by Gasteiger charge is 2.04. The quantitative estimate of drug-likeness (QED) is 0.546. The Morgan fingerprint density at radius 3 is 2.71 bits per heavy atom. The molecule has 0 saturated heterocycles. The van der Waals surface area contributed by atoms with Crippen LogP contribution in [0.5, 0.6) is 0 Å². The lowest BCUT2D eigenvalue weighted by Crippen LogP contribution is -2.20. The first-order valence-electron chi connectivity index (χ1n) is 4.68. The summed E-state index contributed by atoms with van der Waals surface area (Å²) in [4.78, 5) is 21.8. The zero-order valence-electron chi connectivity index (χ0n) is 8.67. The molecule has 0 unspecified atom stereocenters. The van der Waals surface area contributed by atoms with Crippen molar-refractivity contribution < 1.29 is 14.3 Å². The van der Waals surface area contributed by atoms with Crippen LogP contribution in [0.1, 0.15) is 26.2 Å². The molecule has 0 aromatic heterocycles. The second kappa shape index (κ2) is 8.87. The molecule has 0 atom stereocenters. The summed E-state index contributed by atoms with van der Waals surface area (Å²) in [6, 6.07) is 0. The number of methoxy groups -OCH3 is 1. The van der Waals surface area contributed by atoms with Gasteiger partial charge < -0.3 is 10.1 Å². The molecule has 0 bridgehead atoms. The number of nitrogens with one attached hydrogen (secondary N) is 1. The molecule has 1 N–H and O–H groups in total. The van der Waals surface area contributed by atoms with Crippen molar-refractivity contribution in [1.29, 1.82) is 0 Å². The highest BCUT2D eigenvalue weighted by atomic mass is 32.2. The minimum Gasteiger partial charge on any atom is -0.469 e. The molecule has 0 aromatic carbocycles. The van der Waals surface area contributed by atoms with Gasteiger partial charge in [0.15, 0.2) is 0 Å². The van der Waals surface area contributed by atoms with Gasteiger partial charge >= 0.3 is 5.97 Å². The first-order chi connectivity index (χ1) is 6.70. The van der Waals surface area contributed by atoms with Gasteiger partial charge in [0.1, 0.15) is 0 Å². The van der Waals surface area contributed by atoms with Crippen molar-refractivity contribution in [2.45, 2.75) is 26.2 Å². The van der Waals surface area contributed by atoms with Gasteiger partial charge in [-0.25, -0.2) is 0 Å². The maximum absolute atomic E-state index is 11.1. The summed E-state index contributed by atoms with van der Waals surface area (Å²) in [5.41, 5.74) is 0. The Morgan fingerprint density at radius 1 is 1.43 bits per heavy atom. The molecule has 0 fully saturated rings. The molecule has 5 heteroatoms. The summed E-state index contributed by atoms with van der Waals surface area (Å²) in [6.07, 6.45) is 2.33. The van der Waals surface area contributed by atoms with Crippen molar-refractivity contribution in [3.63, 3.8) is 0 Å². The second-order valence-electron chi connectivity index (χ2n) is 2.74. The van der Waals surface area contributed by atoms with E-state index in [1.54, 1.807) is 0 Å². The van der Waals surface area contributed by atoms with Crippen molar-refractivity contribution in [3.05, 3.63) is 0 Å². The van der Waals surface area contributed by atoms with Crippen LogP contribution in [0.3, 0.4) is 0 Å². The van der Waals surface area contributed by atoms with E-state index < -0.39 is 0 Å². The average molecular weight is 219 g/mol. The molecule has 0 radical (unpaired) electrons. The fourth-order valence-corrected chi connectivity index (χ4v) is 1.41. The van der Waals surface area contributed by atoms with Gasteiger partial charge in [0, 0.05) is 12.3 Å². The topological polar surface area (TPSA) is 55.4 Å². The zero-order valence-corrected chi connectivity index (χ0v) is 9.49. The Balaban J connectivity index is 3.31. The average Bonchev–Trinajstić information content (AvgIpc) is 2.18. The Kier molecular flexibility index (Phi) is 8.42. The van der Waals surface area contributed by atoms with Gasteiger partial charge in [0.2, 0.25) is 0 Å². The molecule has 0 aliphatic heterocycles. The predicted octanol–water partition coefficient (Wildman–Crippen LogP) is 1.79. The van der Waals surface area contributed by atoms with Gasteiger partial charge in [-0.3, -0.25) is 9.59 Å². The molecule has 0 rings (SSSR count). The summed E-state index contributed by atoms with van der Waals surface area (Å²) in [5, 5.41) is 2.68. The largest absolute Gasteiger partial charge is 0.469 e. The van der Waals surface area contributed by atoms with E-state index in [1.165, 1.54) is 7.11 Å². The fourth-order valence-electron chi connectivity index (χ4n) is 0.747. The van der Waals surface area contributed by atoms with Crippen LogP contribution < -0.4 is 5.32 Å². The van der Waals surface area contributed by atoms with Gasteiger partial charge in [0.05, 0.1) is 13.5 Å². The number of carbonyl (C=O) groups is 2. The van der Waals surface area contributed by atoms with E-state index in [9.17, 15) is 9.59 Å². The summed E-state index contributed by atoms with van der Waals surface area (Å²) in [5.74, 6) is 0.198. The van der Waals surface area contributed by atoms with E-state index in [0.717, 1.165) is 24.6 Å². The summed E-state index contributed by atoms with van der Waals surface area (Å²) in [7, 11) is 1.34. The first kappa shape index (κ1) is 13.3. The van der Waals surface area contributed by atoms with E-state index in [0.29, 0.717) is 12.3 Å². The number of unbranched alkanes of at least 4 members (excludes halogenated alkanes) is 1. The van der Waals surface area contributed by atoms with Crippen LogP contribution in [-0.2, 0) is 9.53 Å². The molecular formula is C9H17NO3S. The Labute approximate surface area is 88.8 Å². The molecule has 0 spiro atoms. The monoisotopic (exact) mass is 219 g/mol. The number of ether oxygens (including phenoxy) is 1. The number of carbonyl (C=O) groups excluding carboxylic acids is 2. The molecule has 0 heterocycles. The van der Waals surface area contributed by atoms with Crippen molar-refractivity contribution in [1.82, 2.24) is 5.32 Å². The van der Waals surface area contributed by atoms with E-state index >= 15 is 0 Å². The molecule has 82 valence electrons. The van der Waals surface area contributed by atoms with Crippen molar-refractivity contribution in [3.8, 4) is 0 Å². The highest BCUT2D eigenvalue weighted by molar-refractivity contribution is 8.13. The summed E-state index contributed by atoms with van der Waals surface area (Å²) >= 11 is 1.12. The number of hydrogen-bond acceptors (Lipinski definition) is 4. The molecule has 14 heavy (non-hydrogen) atoms. The fraction of sp³-hybridized carbons (Fsp3) is 0.778. The third-order valence-electron chi connectivity index (χ3n) is 1.57. The van der Waals surface area contributed by atoms with Crippen molar-refractivity contribution >= 4 is 23.0 Å². The van der Waals surface area contributed by atoms with Crippen molar-refractivity contribution in [2.24, 2.45) is 0 Å². The summed E-state index contributed by atoms with van der Waals surface area (Å²) in [6.45, 7) is 2.77. The Bertz CT molecular complexity index is 185. The van der Waals surface area contributed by atoms with Crippen LogP contribution in [0.15, 0.2) is 0 Å². The molecular weight excluding hydrogens is 202 g/mol. The Morgan fingerprint density at radius 2 is 2.14 bits per heavy atom. The number of thioether (sulfide) groups is 1. The normalized spacial score (nSPS) is 9.57. The number of amides is 1. The molecule has 1 amide bonds. The van der Waals surface area contributed by atoms with Crippen LogP contribution >= 0.6 is 11.8 Å². The lowest BCUT2D eigenvalue weighted by Gasteiger charge is -2.02. The molecule has 0 saturated carbocycles. The zero-order chi connectivity index (χ0) is 10.8. The first-order valence-corrected chi connectivity index (χ1v) is 5.66. The third kappa shape index (κ3) is 7.91. The molecule has 0 aromatic rings. The van der Waals surface area contributed by atoms with Gasteiger partial charge in [-0.1, -0.05) is 25.1 Å². The van der Waals surface area contributed by atoms with E-state index in [1.807, 2.05) is 0 Å².